The highest BCUT2D eigenvalue weighted by molar-refractivity contribution is 5.23. The van der Waals surface area contributed by atoms with Gasteiger partial charge in [0.1, 0.15) is 12.6 Å². The fourth-order valence-electron chi connectivity index (χ4n) is 3.70. The van der Waals surface area contributed by atoms with Crippen LogP contribution in [0.5, 0.6) is 0 Å². The van der Waals surface area contributed by atoms with Gasteiger partial charge in [0.15, 0.2) is 0 Å². The second-order valence-electron chi connectivity index (χ2n) is 7.30. The van der Waals surface area contributed by atoms with Gasteiger partial charge in [0.2, 0.25) is 0 Å². The van der Waals surface area contributed by atoms with Crippen LogP contribution in [0.2, 0.25) is 0 Å². The molecule has 0 heterocycles. The maximum Gasteiger partial charge on any atom is 0.126 e. The zero-order valence-electron chi connectivity index (χ0n) is 12.3. The molecule has 0 saturated heterocycles. The van der Waals surface area contributed by atoms with E-state index in [4.69, 9.17) is 4.74 Å². The van der Waals surface area contributed by atoms with Crippen LogP contribution in [0, 0.1) is 17.3 Å². The topological polar surface area (TPSA) is 46.1 Å². The SMILES string of the molecule is CC1(C)[C@H]2CC=C(COC[C@H](O)C[NH2+]C3CC3)[C@@H]1C2. The van der Waals surface area contributed by atoms with Gasteiger partial charge in [0, 0.05) is 12.8 Å². The molecule has 2 fully saturated rings. The van der Waals surface area contributed by atoms with Gasteiger partial charge in [-0.3, -0.25) is 0 Å². The molecule has 108 valence electrons. The Balaban J connectivity index is 1.36. The molecule has 0 radical (unpaired) electrons. The van der Waals surface area contributed by atoms with E-state index in [1.165, 1.54) is 31.3 Å². The molecule has 0 unspecified atom stereocenters. The molecule has 3 nitrogen and oxygen atoms in total. The second kappa shape index (κ2) is 5.19. The van der Waals surface area contributed by atoms with E-state index in [1.54, 1.807) is 0 Å². The van der Waals surface area contributed by atoms with E-state index in [0.29, 0.717) is 12.0 Å². The summed E-state index contributed by atoms with van der Waals surface area (Å²) in [6, 6.07) is 0.781. The lowest BCUT2D eigenvalue weighted by Gasteiger charge is -2.56. The van der Waals surface area contributed by atoms with Crippen molar-refractivity contribution in [2.45, 2.75) is 51.7 Å². The van der Waals surface area contributed by atoms with Crippen molar-refractivity contribution < 1.29 is 15.2 Å². The summed E-state index contributed by atoms with van der Waals surface area (Å²) in [5, 5.41) is 12.1. The van der Waals surface area contributed by atoms with E-state index in [2.05, 4.69) is 25.2 Å². The first-order chi connectivity index (χ1) is 9.07. The molecule has 0 amide bonds. The van der Waals surface area contributed by atoms with Crippen molar-refractivity contribution in [1.29, 1.82) is 0 Å². The molecular formula is C16H28NO2+. The van der Waals surface area contributed by atoms with E-state index in [1.807, 2.05) is 0 Å². The predicted molar refractivity (Wildman–Crippen MR) is 74.7 cm³/mol. The van der Waals surface area contributed by atoms with E-state index >= 15 is 0 Å². The van der Waals surface area contributed by atoms with Crippen molar-refractivity contribution in [3.63, 3.8) is 0 Å². The van der Waals surface area contributed by atoms with Crippen molar-refractivity contribution in [2.75, 3.05) is 19.8 Å². The summed E-state index contributed by atoms with van der Waals surface area (Å²) in [5.74, 6) is 1.61. The van der Waals surface area contributed by atoms with Crippen LogP contribution < -0.4 is 5.32 Å². The van der Waals surface area contributed by atoms with Gasteiger partial charge in [-0.05, 0) is 35.7 Å². The van der Waals surface area contributed by atoms with Crippen LogP contribution in [0.15, 0.2) is 11.6 Å². The Bertz CT molecular complexity index is 360. The number of ether oxygens (including phenoxy) is 1. The van der Waals surface area contributed by atoms with E-state index < -0.39 is 0 Å². The number of quaternary nitrogens is 1. The predicted octanol–water partition coefficient (Wildman–Crippen LogP) is 1.08. The number of aliphatic hydroxyl groups is 1. The Morgan fingerprint density at radius 2 is 2.26 bits per heavy atom. The number of rotatable bonds is 7. The molecule has 4 aliphatic carbocycles. The van der Waals surface area contributed by atoms with Crippen molar-refractivity contribution in [3.8, 4) is 0 Å². The molecule has 0 aromatic carbocycles. The van der Waals surface area contributed by atoms with Gasteiger partial charge in [-0.15, -0.1) is 0 Å². The monoisotopic (exact) mass is 266 g/mol. The summed E-state index contributed by atoms with van der Waals surface area (Å²) >= 11 is 0. The van der Waals surface area contributed by atoms with Crippen molar-refractivity contribution in [1.82, 2.24) is 0 Å². The summed E-state index contributed by atoms with van der Waals surface area (Å²) in [6.07, 6.45) is 7.27. The third kappa shape index (κ3) is 2.88. The summed E-state index contributed by atoms with van der Waals surface area (Å²) < 4.78 is 5.74. The van der Waals surface area contributed by atoms with Crippen LogP contribution in [-0.4, -0.2) is 37.0 Å². The minimum Gasteiger partial charge on any atom is -0.385 e. The van der Waals surface area contributed by atoms with Crippen LogP contribution in [0.1, 0.15) is 39.5 Å². The number of hydrogen-bond donors (Lipinski definition) is 2. The van der Waals surface area contributed by atoms with Crippen molar-refractivity contribution in [2.24, 2.45) is 17.3 Å². The van der Waals surface area contributed by atoms with Gasteiger partial charge in [-0.2, -0.15) is 0 Å². The second-order valence-corrected chi connectivity index (χ2v) is 7.30. The number of aliphatic hydroxyl groups excluding tert-OH is 1. The molecule has 4 rings (SSSR count). The number of fused-ring (bicyclic) bond motifs is 1. The molecule has 2 saturated carbocycles. The third-order valence-electron chi connectivity index (χ3n) is 5.53. The largest absolute Gasteiger partial charge is 0.385 e. The molecule has 3 atom stereocenters. The standard InChI is InChI=1S/C16H27NO2/c1-16(2)12-4-3-11(15(16)7-12)9-19-10-14(18)8-17-13-5-6-13/h3,12-15,17-18H,4-10H2,1-2H3/p+1/t12-,14+,15-/m0/s1. The van der Waals surface area contributed by atoms with Crippen LogP contribution in [0.3, 0.4) is 0 Å². The smallest absolute Gasteiger partial charge is 0.126 e. The molecule has 0 aromatic heterocycles. The fraction of sp³-hybridized carbons (Fsp3) is 0.875. The first-order valence-corrected chi connectivity index (χ1v) is 7.85. The highest BCUT2D eigenvalue weighted by atomic mass is 16.5. The molecule has 0 spiro atoms. The quantitative estimate of drug-likeness (QED) is 0.677. The average molecular weight is 266 g/mol. The Kier molecular flexibility index (Phi) is 3.71. The fourth-order valence-corrected chi connectivity index (χ4v) is 3.70. The highest BCUT2D eigenvalue weighted by Crippen LogP contribution is 2.59. The lowest BCUT2D eigenvalue weighted by molar-refractivity contribution is -0.674. The third-order valence-corrected chi connectivity index (χ3v) is 5.53. The summed E-state index contributed by atoms with van der Waals surface area (Å²) in [6.45, 7) is 6.77. The molecule has 2 bridgehead atoms. The zero-order chi connectivity index (χ0) is 13.5. The Morgan fingerprint density at radius 3 is 2.89 bits per heavy atom. The minimum atomic E-state index is -0.313. The zero-order valence-corrected chi connectivity index (χ0v) is 12.3. The van der Waals surface area contributed by atoms with Gasteiger partial charge < -0.3 is 15.2 Å². The number of allylic oxidation sites excluding steroid dienone is 1. The Labute approximate surface area is 116 Å². The Hall–Kier alpha value is -0.380. The first kappa shape index (κ1) is 13.6. The van der Waals surface area contributed by atoms with Crippen LogP contribution >= 0.6 is 0 Å². The van der Waals surface area contributed by atoms with E-state index in [-0.39, 0.29) is 6.10 Å². The molecule has 0 aliphatic heterocycles. The van der Waals surface area contributed by atoms with Gasteiger partial charge in [0.25, 0.3) is 0 Å². The average Bonchev–Trinajstić information content (AvgIpc) is 3.20. The normalized spacial score (nSPS) is 33.5. The van der Waals surface area contributed by atoms with Gasteiger partial charge in [0.05, 0.1) is 19.3 Å². The maximum absolute atomic E-state index is 9.86. The lowest BCUT2D eigenvalue weighted by atomic mass is 9.49. The maximum atomic E-state index is 9.86. The number of hydrogen-bond acceptors (Lipinski definition) is 2. The minimum absolute atomic E-state index is 0.313. The van der Waals surface area contributed by atoms with Crippen LogP contribution in [0.4, 0.5) is 0 Å². The molecule has 3 N–H and O–H groups in total. The first-order valence-electron chi connectivity index (χ1n) is 7.85. The summed E-state index contributed by atoms with van der Waals surface area (Å²) in [7, 11) is 0. The molecular weight excluding hydrogens is 238 g/mol. The Morgan fingerprint density at radius 1 is 1.47 bits per heavy atom. The summed E-state index contributed by atoms with van der Waals surface area (Å²) in [4.78, 5) is 0. The van der Waals surface area contributed by atoms with E-state index in [9.17, 15) is 5.11 Å². The molecule has 0 aromatic rings. The lowest BCUT2D eigenvalue weighted by Crippen LogP contribution is -2.88. The van der Waals surface area contributed by atoms with Crippen molar-refractivity contribution in [3.05, 3.63) is 11.6 Å². The molecule has 19 heavy (non-hydrogen) atoms. The van der Waals surface area contributed by atoms with E-state index in [0.717, 1.165) is 31.0 Å². The number of nitrogens with two attached hydrogens (primary N) is 1. The van der Waals surface area contributed by atoms with Gasteiger partial charge in [-0.1, -0.05) is 19.9 Å². The van der Waals surface area contributed by atoms with Gasteiger partial charge >= 0.3 is 0 Å². The van der Waals surface area contributed by atoms with Crippen LogP contribution in [0.25, 0.3) is 0 Å². The summed E-state index contributed by atoms with van der Waals surface area (Å²) in [5.41, 5.74) is 1.96. The molecule has 4 aliphatic rings. The highest BCUT2D eigenvalue weighted by Gasteiger charge is 2.50. The van der Waals surface area contributed by atoms with Gasteiger partial charge in [-0.25, -0.2) is 0 Å². The molecule has 3 heteroatoms. The van der Waals surface area contributed by atoms with Crippen LogP contribution in [-0.2, 0) is 4.74 Å². The van der Waals surface area contributed by atoms with Crippen molar-refractivity contribution >= 4 is 0 Å².